The number of alkyl halides is 3. The number of halogens is 3. The highest BCUT2D eigenvalue weighted by molar-refractivity contribution is 5.27. The fraction of sp³-hybridized carbons (Fsp3) is 0.571. The van der Waals surface area contributed by atoms with Gasteiger partial charge in [-0.2, -0.15) is 13.2 Å². The van der Waals surface area contributed by atoms with Crippen LogP contribution in [0.5, 0.6) is 0 Å². The molecule has 1 rings (SSSR count). The van der Waals surface area contributed by atoms with Crippen molar-refractivity contribution < 1.29 is 23.4 Å². The maximum absolute atomic E-state index is 12.6. The molecule has 0 heterocycles. The quantitative estimate of drug-likeness (QED) is 0.754. The first-order valence-corrected chi connectivity index (χ1v) is 6.45. The summed E-state index contributed by atoms with van der Waals surface area (Å²) in [5.41, 5.74) is -0.579. The Balaban J connectivity index is 2.70. The number of hydrogen-bond acceptors (Lipinski definition) is 3. The van der Waals surface area contributed by atoms with Crippen LogP contribution in [0, 0.1) is 5.92 Å². The van der Waals surface area contributed by atoms with Crippen LogP contribution in [0.1, 0.15) is 31.1 Å². The number of aliphatic hydroxyl groups excluding tert-OH is 2. The maximum atomic E-state index is 12.6. The topological polar surface area (TPSA) is 52.5 Å². The minimum absolute atomic E-state index is 0.0880. The van der Waals surface area contributed by atoms with Gasteiger partial charge in [0.05, 0.1) is 18.3 Å². The highest BCUT2D eigenvalue weighted by Crippen LogP contribution is 2.30. The van der Waals surface area contributed by atoms with E-state index in [1.54, 1.807) is 0 Å². The van der Waals surface area contributed by atoms with Crippen LogP contribution in [0.3, 0.4) is 0 Å². The molecule has 0 aliphatic heterocycles. The number of hydrogen-bond donors (Lipinski definition) is 3. The van der Waals surface area contributed by atoms with Crippen LogP contribution in [0.2, 0.25) is 0 Å². The van der Waals surface area contributed by atoms with Gasteiger partial charge in [-0.3, -0.25) is 0 Å². The summed E-state index contributed by atoms with van der Waals surface area (Å²) in [7, 11) is 0. The van der Waals surface area contributed by atoms with Crippen LogP contribution in [0.15, 0.2) is 24.3 Å². The van der Waals surface area contributed by atoms with Crippen LogP contribution < -0.4 is 5.32 Å². The van der Waals surface area contributed by atoms with Gasteiger partial charge in [0, 0.05) is 12.6 Å². The minimum Gasteiger partial charge on any atom is -0.395 e. The van der Waals surface area contributed by atoms with Crippen molar-refractivity contribution in [3.8, 4) is 0 Å². The van der Waals surface area contributed by atoms with E-state index in [9.17, 15) is 18.3 Å². The summed E-state index contributed by atoms with van der Waals surface area (Å²) < 4.78 is 37.7. The second-order valence-corrected chi connectivity index (χ2v) is 5.08. The fourth-order valence-corrected chi connectivity index (χ4v) is 1.81. The standard InChI is InChI=1S/C14H20F3NO2/c1-9(2)12(8-19)18-7-13(20)10-4-3-5-11(6-10)14(15,16)17/h3-6,9,12-13,18-20H,7-8H2,1-2H3. The van der Waals surface area contributed by atoms with Gasteiger partial charge in [0.25, 0.3) is 0 Å². The molecule has 2 atom stereocenters. The van der Waals surface area contributed by atoms with Crippen molar-refractivity contribution in [2.75, 3.05) is 13.2 Å². The molecule has 0 radical (unpaired) electrons. The van der Waals surface area contributed by atoms with Gasteiger partial charge in [-0.1, -0.05) is 26.0 Å². The summed E-state index contributed by atoms with van der Waals surface area (Å²) in [6.45, 7) is 3.81. The van der Waals surface area contributed by atoms with Gasteiger partial charge in [-0.05, 0) is 23.6 Å². The molecule has 0 fully saturated rings. The predicted octanol–water partition coefficient (Wildman–Crippen LogP) is 2.35. The van der Waals surface area contributed by atoms with E-state index in [0.717, 1.165) is 12.1 Å². The molecule has 114 valence electrons. The average molecular weight is 291 g/mol. The SMILES string of the molecule is CC(C)C(CO)NCC(O)c1cccc(C(F)(F)F)c1. The molecule has 0 aromatic heterocycles. The first kappa shape index (κ1) is 16.9. The summed E-state index contributed by atoms with van der Waals surface area (Å²) >= 11 is 0. The van der Waals surface area contributed by atoms with Crippen molar-refractivity contribution in [1.82, 2.24) is 5.32 Å². The molecule has 0 saturated heterocycles. The summed E-state index contributed by atoms with van der Waals surface area (Å²) in [5.74, 6) is 0.161. The van der Waals surface area contributed by atoms with Crippen molar-refractivity contribution in [3.05, 3.63) is 35.4 Å². The first-order chi connectivity index (χ1) is 9.25. The van der Waals surface area contributed by atoms with Crippen molar-refractivity contribution in [3.63, 3.8) is 0 Å². The van der Waals surface area contributed by atoms with Crippen LogP contribution in [0.4, 0.5) is 13.2 Å². The van der Waals surface area contributed by atoms with Gasteiger partial charge in [0.15, 0.2) is 0 Å². The Bertz CT molecular complexity index is 421. The maximum Gasteiger partial charge on any atom is 0.416 e. The number of nitrogens with one attached hydrogen (secondary N) is 1. The smallest absolute Gasteiger partial charge is 0.395 e. The molecule has 1 aromatic rings. The number of aliphatic hydroxyl groups is 2. The van der Waals surface area contributed by atoms with Gasteiger partial charge in [-0.25, -0.2) is 0 Å². The van der Waals surface area contributed by atoms with E-state index in [1.807, 2.05) is 13.8 Å². The number of rotatable bonds is 6. The fourth-order valence-electron chi connectivity index (χ4n) is 1.81. The first-order valence-electron chi connectivity index (χ1n) is 6.45. The van der Waals surface area contributed by atoms with Gasteiger partial charge >= 0.3 is 6.18 Å². The Hall–Kier alpha value is -1.11. The van der Waals surface area contributed by atoms with Crippen LogP contribution in [-0.2, 0) is 6.18 Å². The van der Waals surface area contributed by atoms with Gasteiger partial charge in [-0.15, -0.1) is 0 Å². The zero-order valence-electron chi connectivity index (χ0n) is 11.5. The van der Waals surface area contributed by atoms with Crippen LogP contribution >= 0.6 is 0 Å². The van der Waals surface area contributed by atoms with Crippen molar-refractivity contribution >= 4 is 0 Å². The second kappa shape index (κ2) is 7.06. The molecule has 2 unspecified atom stereocenters. The molecule has 0 aliphatic carbocycles. The lowest BCUT2D eigenvalue weighted by atomic mass is 10.0. The van der Waals surface area contributed by atoms with Crippen LogP contribution in [0.25, 0.3) is 0 Å². The second-order valence-electron chi connectivity index (χ2n) is 5.08. The zero-order valence-corrected chi connectivity index (χ0v) is 11.5. The third kappa shape index (κ3) is 4.77. The Morgan fingerprint density at radius 3 is 2.40 bits per heavy atom. The number of benzene rings is 1. The molecule has 0 aliphatic rings. The Morgan fingerprint density at radius 2 is 1.90 bits per heavy atom. The predicted molar refractivity (Wildman–Crippen MR) is 70.1 cm³/mol. The highest BCUT2D eigenvalue weighted by atomic mass is 19.4. The van der Waals surface area contributed by atoms with E-state index in [1.165, 1.54) is 12.1 Å². The van der Waals surface area contributed by atoms with E-state index in [2.05, 4.69) is 5.32 Å². The van der Waals surface area contributed by atoms with E-state index in [4.69, 9.17) is 5.11 Å². The normalized spacial score (nSPS) is 15.4. The molecular formula is C14H20F3NO2. The molecule has 0 spiro atoms. The van der Waals surface area contributed by atoms with E-state index in [-0.39, 0.29) is 30.7 Å². The average Bonchev–Trinajstić information content (AvgIpc) is 2.38. The molecule has 0 saturated carbocycles. The third-order valence-corrected chi connectivity index (χ3v) is 3.17. The minimum atomic E-state index is -4.42. The van der Waals surface area contributed by atoms with E-state index < -0.39 is 17.8 Å². The van der Waals surface area contributed by atoms with Crippen molar-refractivity contribution in [1.29, 1.82) is 0 Å². The molecule has 0 amide bonds. The van der Waals surface area contributed by atoms with Crippen molar-refractivity contribution in [2.24, 2.45) is 5.92 Å². The monoisotopic (exact) mass is 291 g/mol. The van der Waals surface area contributed by atoms with Gasteiger partial charge in [0.2, 0.25) is 0 Å². The molecule has 3 nitrogen and oxygen atoms in total. The molecular weight excluding hydrogens is 271 g/mol. The molecule has 6 heteroatoms. The largest absolute Gasteiger partial charge is 0.416 e. The van der Waals surface area contributed by atoms with Gasteiger partial charge in [0.1, 0.15) is 0 Å². The molecule has 1 aromatic carbocycles. The lowest BCUT2D eigenvalue weighted by molar-refractivity contribution is -0.137. The van der Waals surface area contributed by atoms with E-state index >= 15 is 0 Å². The Labute approximate surface area is 116 Å². The molecule has 0 bridgehead atoms. The van der Waals surface area contributed by atoms with Crippen LogP contribution in [-0.4, -0.2) is 29.4 Å². The molecule has 20 heavy (non-hydrogen) atoms. The summed E-state index contributed by atoms with van der Waals surface area (Å²) in [6.07, 6.45) is -5.47. The Kier molecular flexibility index (Phi) is 5.98. The summed E-state index contributed by atoms with van der Waals surface area (Å²) in [4.78, 5) is 0. The lowest BCUT2D eigenvalue weighted by Gasteiger charge is -2.22. The van der Waals surface area contributed by atoms with E-state index in [0.29, 0.717) is 0 Å². The Morgan fingerprint density at radius 1 is 1.25 bits per heavy atom. The summed E-state index contributed by atoms with van der Waals surface area (Å²) in [5, 5.41) is 22.0. The lowest BCUT2D eigenvalue weighted by Crippen LogP contribution is -2.39. The highest BCUT2D eigenvalue weighted by Gasteiger charge is 2.30. The molecule has 3 N–H and O–H groups in total. The van der Waals surface area contributed by atoms with Gasteiger partial charge < -0.3 is 15.5 Å². The summed E-state index contributed by atoms with van der Waals surface area (Å²) in [6, 6.07) is 4.43. The third-order valence-electron chi connectivity index (χ3n) is 3.17. The zero-order chi connectivity index (χ0) is 15.3. The van der Waals surface area contributed by atoms with Crippen molar-refractivity contribution in [2.45, 2.75) is 32.2 Å².